The van der Waals surface area contributed by atoms with Crippen molar-refractivity contribution in [1.29, 1.82) is 0 Å². The molecule has 1 amide bonds. The number of benzene rings is 3. The highest BCUT2D eigenvalue weighted by Gasteiger charge is 2.13. The van der Waals surface area contributed by atoms with E-state index >= 15 is 0 Å². The fourth-order valence-electron chi connectivity index (χ4n) is 3.44. The zero-order valence-electron chi connectivity index (χ0n) is 19.2. The van der Waals surface area contributed by atoms with E-state index < -0.39 is 0 Å². The third-order valence-corrected chi connectivity index (χ3v) is 5.17. The monoisotopic (exact) mass is 460 g/mol. The first kappa shape index (κ1) is 22.7. The van der Waals surface area contributed by atoms with Gasteiger partial charge >= 0.3 is 0 Å². The van der Waals surface area contributed by atoms with Gasteiger partial charge in [0.2, 0.25) is 5.75 Å². The lowest BCUT2D eigenvalue weighted by atomic mass is 10.2. The summed E-state index contributed by atoms with van der Waals surface area (Å²) in [5.74, 6) is 2.58. The quantitative estimate of drug-likeness (QED) is 0.304. The van der Waals surface area contributed by atoms with E-state index in [1.165, 1.54) is 27.5 Å². The lowest BCUT2D eigenvalue weighted by Crippen LogP contribution is -2.17. The normalized spacial score (nSPS) is 10.9. The van der Waals surface area contributed by atoms with Gasteiger partial charge in [-0.2, -0.15) is 5.10 Å². The maximum atomic E-state index is 12.6. The number of ether oxygens (including phenoxy) is 4. The number of carbonyl (C=O) groups is 1. The van der Waals surface area contributed by atoms with Crippen molar-refractivity contribution in [3.8, 4) is 34.4 Å². The van der Waals surface area contributed by atoms with E-state index in [4.69, 9.17) is 18.9 Å². The minimum Gasteiger partial charge on any atom is -0.497 e. The van der Waals surface area contributed by atoms with Gasteiger partial charge in [0.15, 0.2) is 11.5 Å². The predicted molar refractivity (Wildman–Crippen MR) is 129 cm³/mol. The summed E-state index contributed by atoms with van der Waals surface area (Å²) in [5, 5.41) is 4.06. The average Bonchev–Trinajstić information content (AvgIpc) is 3.31. The predicted octanol–water partition coefficient (Wildman–Crippen LogP) is 4.03. The molecule has 174 valence electrons. The Morgan fingerprint density at radius 3 is 2.24 bits per heavy atom. The molecule has 0 spiro atoms. The number of amides is 1. The Morgan fingerprint density at radius 1 is 0.912 bits per heavy atom. The standard InChI is InChI=1S/C25H24N4O5/c1-31-18-8-5-16(6-9-18)24-27-19-10-7-17(13-20(19)28-24)25(30)29-26-14-15-11-21(32-2)23(34-4)22(12-15)33-3/h5-14H,1-4H3,(H,27,28)(H,29,30). The molecule has 0 aliphatic rings. The van der Waals surface area contributed by atoms with Crippen molar-refractivity contribution in [1.82, 2.24) is 15.4 Å². The van der Waals surface area contributed by atoms with E-state index in [-0.39, 0.29) is 5.91 Å². The van der Waals surface area contributed by atoms with Crippen molar-refractivity contribution in [2.75, 3.05) is 28.4 Å². The summed E-state index contributed by atoms with van der Waals surface area (Å²) in [6, 6.07) is 16.3. The Labute approximate surface area is 196 Å². The summed E-state index contributed by atoms with van der Waals surface area (Å²) in [4.78, 5) is 20.5. The van der Waals surface area contributed by atoms with E-state index in [0.29, 0.717) is 34.2 Å². The summed E-state index contributed by atoms with van der Waals surface area (Å²) in [7, 11) is 6.22. The molecule has 0 radical (unpaired) electrons. The summed E-state index contributed by atoms with van der Waals surface area (Å²) in [6.45, 7) is 0. The lowest BCUT2D eigenvalue weighted by Gasteiger charge is -2.12. The Kier molecular flexibility index (Phi) is 6.63. The van der Waals surface area contributed by atoms with Crippen molar-refractivity contribution in [2.45, 2.75) is 0 Å². The minimum absolute atomic E-state index is 0.355. The second-order valence-electron chi connectivity index (χ2n) is 7.20. The average molecular weight is 460 g/mol. The topological polar surface area (TPSA) is 107 Å². The van der Waals surface area contributed by atoms with E-state index in [9.17, 15) is 4.79 Å². The van der Waals surface area contributed by atoms with Crippen LogP contribution in [-0.4, -0.2) is 50.5 Å². The van der Waals surface area contributed by atoms with Crippen molar-refractivity contribution in [3.63, 3.8) is 0 Å². The zero-order chi connectivity index (χ0) is 24.1. The van der Waals surface area contributed by atoms with Gasteiger partial charge < -0.3 is 23.9 Å². The number of H-pyrrole nitrogens is 1. The third-order valence-electron chi connectivity index (χ3n) is 5.17. The van der Waals surface area contributed by atoms with Crippen LogP contribution in [0.4, 0.5) is 0 Å². The molecular formula is C25H24N4O5. The van der Waals surface area contributed by atoms with Crippen LogP contribution >= 0.6 is 0 Å². The molecular weight excluding hydrogens is 436 g/mol. The number of aromatic nitrogens is 2. The number of aromatic amines is 1. The van der Waals surface area contributed by atoms with Crippen LogP contribution in [0.15, 0.2) is 59.7 Å². The number of hydrazone groups is 1. The van der Waals surface area contributed by atoms with E-state index in [1.807, 2.05) is 24.3 Å². The molecule has 1 aromatic heterocycles. The number of methoxy groups -OCH3 is 4. The van der Waals surface area contributed by atoms with E-state index in [1.54, 1.807) is 37.4 Å². The van der Waals surface area contributed by atoms with E-state index in [0.717, 1.165) is 22.3 Å². The maximum absolute atomic E-state index is 12.6. The number of hydrogen-bond acceptors (Lipinski definition) is 7. The number of hydrogen-bond donors (Lipinski definition) is 2. The first-order valence-corrected chi connectivity index (χ1v) is 10.3. The third kappa shape index (κ3) is 4.63. The molecule has 2 N–H and O–H groups in total. The Balaban J connectivity index is 1.50. The van der Waals surface area contributed by atoms with E-state index in [2.05, 4.69) is 20.5 Å². The summed E-state index contributed by atoms with van der Waals surface area (Å²) < 4.78 is 21.2. The molecule has 4 aromatic rings. The molecule has 9 heteroatoms. The van der Waals surface area contributed by atoms with Crippen molar-refractivity contribution in [2.24, 2.45) is 5.10 Å². The summed E-state index contributed by atoms with van der Waals surface area (Å²) in [6.07, 6.45) is 1.50. The van der Waals surface area contributed by atoms with Crippen LogP contribution in [0.25, 0.3) is 22.4 Å². The molecule has 4 rings (SSSR count). The molecule has 34 heavy (non-hydrogen) atoms. The van der Waals surface area contributed by atoms with Crippen molar-refractivity contribution >= 4 is 23.2 Å². The maximum Gasteiger partial charge on any atom is 0.271 e. The van der Waals surface area contributed by atoms with Crippen LogP contribution < -0.4 is 24.4 Å². The van der Waals surface area contributed by atoms with Crippen LogP contribution in [0, 0.1) is 0 Å². The first-order chi connectivity index (χ1) is 16.6. The second-order valence-corrected chi connectivity index (χ2v) is 7.20. The van der Waals surface area contributed by atoms with Gasteiger partial charge in [-0.05, 0) is 54.6 Å². The van der Waals surface area contributed by atoms with Crippen molar-refractivity contribution in [3.05, 3.63) is 65.7 Å². The van der Waals surface area contributed by atoms with Crippen LogP contribution in [0.1, 0.15) is 15.9 Å². The smallest absolute Gasteiger partial charge is 0.271 e. The highest BCUT2D eigenvalue weighted by Crippen LogP contribution is 2.37. The fraction of sp³-hybridized carbons (Fsp3) is 0.160. The summed E-state index contributed by atoms with van der Waals surface area (Å²) >= 11 is 0. The van der Waals surface area contributed by atoms with Gasteiger partial charge in [0.05, 0.1) is 45.7 Å². The molecule has 0 saturated heterocycles. The van der Waals surface area contributed by atoms with Crippen LogP contribution in [-0.2, 0) is 0 Å². The van der Waals surface area contributed by atoms with Gasteiger partial charge in [0, 0.05) is 16.7 Å². The number of nitrogens with one attached hydrogen (secondary N) is 2. The highest BCUT2D eigenvalue weighted by molar-refractivity contribution is 5.98. The minimum atomic E-state index is -0.355. The molecule has 0 saturated carbocycles. The van der Waals surface area contributed by atoms with Crippen LogP contribution in [0.5, 0.6) is 23.0 Å². The number of carbonyl (C=O) groups excluding carboxylic acids is 1. The van der Waals surface area contributed by atoms with Crippen molar-refractivity contribution < 1.29 is 23.7 Å². The fourth-order valence-corrected chi connectivity index (χ4v) is 3.44. The summed E-state index contributed by atoms with van der Waals surface area (Å²) in [5.41, 5.74) is 6.06. The molecule has 1 heterocycles. The number of fused-ring (bicyclic) bond motifs is 1. The van der Waals surface area contributed by atoms with Gasteiger partial charge in [-0.25, -0.2) is 10.4 Å². The van der Waals surface area contributed by atoms with Gasteiger partial charge in [-0.15, -0.1) is 0 Å². The van der Waals surface area contributed by atoms with Gasteiger partial charge in [0.1, 0.15) is 11.6 Å². The first-order valence-electron chi connectivity index (χ1n) is 10.3. The molecule has 9 nitrogen and oxygen atoms in total. The molecule has 0 bridgehead atoms. The Hall–Kier alpha value is -4.53. The number of nitrogens with zero attached hydrogens (tertiary/aromatic N) is 2. The lowest BCUT2D eigenvalue weighted by molar-refractivity contribution is 0.0955. The number of imidazole rings is 1. The molecule has 0 fully saturated rings. The van der Waals surface area contributed by atoms with Gasteiger partial charge in [-0.3, -0.25) is 4.79 Å². The Morgan fingerprint density at radius 2 is 1.62 bits per heavy atom. The van der Waals surface area contributed by atoms with Gasteiger partial charge in [0.25, 0.3) is 5.91 Å². The molecule has 0 aliphatic heterocycles. The van der Waals surface area contributed by atoms with Crippen LogP contribution in [0.3, 0.4) is 0 Å². The molecule has 3 aromatic carbocycles. The Bertz CT molecular complexity index is 1320. The zero-order valence-corrected chi connectivity index (χ0v) is 19.2. The number of rotatable bonds is 8. The van der Waals surface area contributed by atoms with Gasteiger partial charge in [-0.1, -0.05) is 0 Å². The highest BCUT2D eigenvalue weighted by atomic mass is 16.5. The molecule has 0 aliphatic carbocycles. The second kappa shape index (κ2) is 9.95. The molecule has 0 unspecified atom stereocenters. The largest absolute Gasteiger partial charge is 0.497 e. The molecule has 0 atom stereocenters. The SMILES string of the molecule is COc1ccc(-c2nc3ccc(C(=O)NN=Cc4cc(OC)c(OC)c(OC)c4)cc3[nH]2)cc1. The van der Waals surface area contributed by atoms with Crippen LogP contribution in [0.2, 0.25) is 0 Å².